The maximum atomic E-state index is 12.6. The van der Waals surface area contributed by atoms with E-state index in [1.54, 1.807) is 6.92 Å². The van der Waals surface area contributed by atoms with E-state index in [2.05, 4.69) is 16.9 Å². The molecule has 0 bridgehead atoms. The van der Waals surface area contributed by atoms with Gasteiger partial charge in [-0.25, -0.2) is 17.9 Å². The normalized spacial score (nSPS) is 24.3. The SMILES string of the molecule is Cc1cc(C(=O)O)cc(S(=O)(=O)N[C@@H]2[C@H]3Cc4ccccc4[C@H]32)c1. The summed E-state index contributed by atoms with van der Waals surface area (Å²) in [7, 11) is -3.73. The zero-order valence-corrected chi connectivity index (χ0v) is 13.9. The van der Waals surface area contributed by atoms with Crippen LogP contribution in [-0.4, -0.2) is 25.5 Å². The number of hydrogen-bond acceptors (Lipinski definition) is 3. The largest absolute Gasteiger partial charge is 0.478 e. The quantitative estimate of drug-likeness (QED) is 0.892. The molecule has 0 aliphatic heterocycles. The molecule has 0 saturated heterocycles. The van der Waals surface area contributed by atoms with Crippen molar-refractivity contribution in [3.8, 4) is 0 Å². The maximum Gasteiger partial charge on any atom is 0.335 e. The number of fused-ring (bicyclic) bond motifs is 3. The summed E-state index contributed by atoms with van der Waals surface area (Å²) in [4.78, 5) is 11.2. The summed E-state index contributed by atoms with van der Waals surface area (Å²) < 4.78 is 28.1. The molecule has 2 aliphatic rings. The van der Waals surface area contributed by atoms with Crippen molar-refractivity contribution in [3.63, 3.8) is 0 Å². The van der Waals surface area contributed by atoms with E-state index in [-0.39, 0.29) is 22.4 Å². The first kappa shape index (κ1) is 15.4. The number of sulfonamides is 1. The van der Waals surface area contributed by atoms with Crippen LogP contribution < -0.4 is 4.72 Å². The summed E-state index contributed by atoms with van der Waals surface area (Å²) in [6.45, 7) is 1.69. The maximum absolute atomic E-state index is 12.6. The molecule has 0 heterocycles. The Hall–Kier alpha value is -2.18. The van der Waals surface area contributed by atoms with Crippen LogP contribution >= 0.6 is 0 Å². The molecule has 0 aromatic heterocycles. The molecule has 124 valence electrons. The van der Waals surface area contributed by atoms with Gasteiger partial charge in [0.2, 0.25) is 10.0 Å². The van der Waals surface area contributed by atoms with Gasteiger partial charge in [-0.15, -0.1) is 0 Å². The molecule has 0 unspecified atom stereocenters. The fourth-order valence-corrected chi connectivity index (χ4v) is 5.22. The molecule has 2 aliphatic carbocycles. The number of aryl methyl sites for hydroxylation is 1. The third-order valence-corrected chi connectivity index (χ3v) is 6.38. The molecule has 0 radical (unpaired) electrons. The highest BCUT2D eigenvalue weighted by Crippen LogP contribution is 2.56. The van der Waals surface area contributed by atoms with Gasteiger partial charge in [-0.05, 0) is 54.2 Å². The Balaban J connectivity index is 1.59. The molecule has 5 nitrogen and oxygen atoms in total. The van der Waals surface area contributed by atoms with E-state index in [1.165, 1.54) is 29.3 Å². The highest BCUT2D eigenvalue weighted by Gasteiger charge is 2.56. The van der Waals surface area contributed by atoms with Gasteiger partial charge >= 0.3 is 5.97 Å². The van der Waals surface area contributed by atoms with E-state index in [0.717, 1.165) is 6.42 Å². The lowest BCUT2D eigenvalue weighted by molar-refractivity contribution is 0.0696. The van der Waals surface area contributed by atoms with Gasteiger partial charge in [-0.3, -0.25) is 0 Å². The Kier molecular flexibility index (Phi) is 3.30. The van der Waals surface area contributed by atoms with Gasteiger partial charge < -0.3 is 5.11 Å². The number of aromatic carboxylic acids is 1. The summed E-state index contributed by atoms with van der Waals surface area (Å²) in [5, 5.41) is 9.12. The molecule has 2 aromatic rings. The molecule has 0 amide bonds. The molecule has 4 rings (SSSR count). The topological polar surface area (TPSA) is 83.5 Å². The van der Waals surface area contributed by atoms with Crippen LogP contribution in [-0.2, 0) is 16.4 Å². The minimum absolute atomic E-state index is 0.0122. The van der Waals surface area contributed by atoms with Gasteiger partial charge in [0.05, 0.1) is 10.5 Å². The van der Waals surface area contributed by atoms with Crippen LogP contribution in [0.4, 0.5) is 0 Å². The van der Waals surface area contributed by atoms with Crippen LogP contribution in [0.3, 0.4) is 0 Å². The van der Waals surface area contributed by atoms with Gasteiger partial charge in [-0.2, -0.15) is 0 Å². The summed E-state index contributed by atoms with van der Waals surface area (Å²) in [5.74, 6) is -0.590. The third-order valence-electron chi connectivity index (χ3n) is 4.94. The Bertz CT molecular complexity index is 951. The summed E-state index contributed by atoms with van der Waals surface area (Å²) in [5.41, 5.74) is 3.12. The lowest BCUT2D eigenvalue weighted by Crippen LogP contribution is -2.29. The third kappa shape index (κ3) is 2.42. The minimum atomic E-state index is -3.73. The average molecular weight is 343 g/mol. The molecule has 2 N–H and O–H groups in total. The molecule has 3 atom stereocenters. The number of carboxylic acids is 1. The highest BCUT2D eigenvalue weighted by atomic mass is 32.2. The second-order valence-corrected chi connectivity index (χ2v) is 8.29. The molecule has 1 saturated carbocycles. The van der Waals surface area contributed by atoms with E-state index in [0.29, 0.717) is 11.5 Å². The highest BCUT2D eigenvalue weighted by molar-refractivity contribution is 7.89. The van der Waals surface area contributed by atoms with Gasteiger partial charge in [0.25, 0.3) is 0 Å². The predicted molar refractivity (Wildman–Crippen MR) is 88.6 cm³/mol. The first-order valence-corrected chi connectivity index (χ1v) is 9.30. The number of rotatable bonds is 4. The van der Waals surface area contributed by atoms with E-state index in [4.69, 9.17) is 5.11 Å². The minimum Gasteiger partial charge on any atom is -0.478 e. The van der Waals surface area contributed by atoms with Crippen LogP contribution in [0.1, 0.15) is 33.0 Å². The predicted octanol–water partition coefficient (Wildman–Crippen LogP) is 2.31. The first-order chi connectivity index (χ1) is 11.4. The van der Waals surface area contributed by atoms with E-state index >= 15 is 0 Å². The van der Waals surface area contributed by atoms with Crippen molar-refractivity contribution in [3.05, 3.63) is 64.7 Å². The van der Waals surface area contributed by atoms with Crippen LogP contribution in [0.15, 0.2) is 47.4 Å². The van der Waals surface area contributed by atoms with Crippen molar-refractivity contribution in [2.24, 2.45) is 5.92 Å². The zero-order valence-electron chi connectivity index (χ0n) is 13.1. The fraction of sp³-hybridized carbons (Fsp3) is 0.278. The smallest absolute Gasteiger partial charge is 0.335 e. The molecule has 24 heavy (non-hydrogen) atoms. The average Bonchev–Trinajstić information content (AvgIpc) is 3.03. The van der Waals surface area contributed by atoms with E-state index in [9.17, 15) is 13.2 Å². The number of carboxylic acid groups (broad SMARTS) is 1. The Morgan fingerprint density at radius 3 is 2.71 bits per heavy atom. The van der Waals surface area contributed by atoms with Crippen molar-refractivity contribution in [2.45, 2.75) is 30.2 Å². The summed E-state index contributed by atoms with van der Waals surface area (Å²) in [6.07, 6.45) is 0.891. The van der Waals surface area contributed by atoms with Gasteiger partial charge in [0.1, 0.15) is 0 Å². The lowest BCUT2D eigenvalue weighted by Gasteiger charge is -2.11. The molecule has 1 fully saturated rings. The number of benzene rings is 2. The lowest BCUT2D eigenvalue weighted by atomic mass is 10.1. The molecular weight excluding hydrogens is 326 g/mol. The second-order valence-electron chi connectivity index (χ2n) is 6.58. The van der Waals surface area contributed by atoms with Crippen LogP contribution in [0.5, 0.6) is 0 Å². The Labute approximate surface area is 140 Å². The van der Waals surface area contributed by atoms with Crippen LogP contribution in [0.25, 0.3) is 0 Å². The summed E-state index contributed by atoms with van der Waals surface area (Å²) >= 11 is 0. The molecular formula is C18H17NO4S. The van der Waals surface area contributed by atoms with Crippen molar-refractivity contribution < 1.29 is 18.3 Å². The zero-order chi connectivity index (χ0) is 17.1. The molecule has 0 spiro atoms. The van der Waals surface area contributed by atoms with Crippen molar-refractivity contribution in [1.29, 1.82) is 0 Å². The first-order valence-electron chi connectivity index (χ1n) is 7.82. The van der Waals surface area contributed by atoms with Gasteiger partial charge in [0, 0.05) is 12.0 Å². The van der Waals surface area contributed by atoms with Crippen LogP contribution in [0, 0.1) is 12.8 Å². The monoisotopic (exact) mass is 343 g/mol. The van der Waals surface area contributed by atoms with Gasteiger partial charge in [-0.1, -0.05) is 24.3 Å². The Morgan fingerprint density at radius 2 is 1.96 bits per heavy atom. The van der Waals surface area contributed by atoms with Gasteiger partial charge in [0.15, 0.2) is 0 Å². The number of nitrogens with one attached hydrogen (secondary N) is 1. The van der Waals surface area contributed by atoms with E-state index in [1.807, 2.05) is 12.1 Å². The summed E-state index contributed by atoms with van der Waals surface area (Å²) in [6, 6.07) is 12.2. The molecule has 2 aromatic carbocycles. The standard InChI is InChI=1S/C18H17NO4S/c1-10-6-12(18(20)21)8-13(7-10)24(22,23)19-17-15-9-11-4-2-3-5-14(11)16(15)17/h2-8,15-17,19H,9H2,1H3,(H,20,21)/t15-,16+,17+/m0/s1. The van der Waals surface area contributed by atoms with Crippen LogP contribution in [0.2, 0.25) is 0 Å². The Morgan fingerprint density at radius 1 is 1.21 bits per heavy atom. The second kappa shape index (κ2) is 5.16. The number of carbonyl (C=O) groups is 1. The van der Waals surface area contributed by atoms with Crippen molar-refractivity contribution in [1.82, 2.24) is 4.72 Å². The van der Waals surface area contributed by atoms with E-state index < -0.39 is 16.0 Å². The number of hydrogen-bond donors (Lipinski definition) is 2. The van der Waals surface area contributed by atoms with Crippen molar-refractivity contribution in [2.75, 3.05) is 0 Å². The fourth-order valence-electron chi connectivity index (χ4n) is 3.79. The molecule has 6 heteroatoms. The van der Waals surface area contributed by atoms with Crippen molar-refractivity contribution >= 4 is 16.0 Å².